The van der Waals surface area contributed by atoms with Crippen LogP contribution in [0.2, 0.25) is 0 Å². The van der Waals surface area contributed by atoms with Crippen molar-refractivity contribution in [2.24, 2.45) is 5.41 Å². The summed E-state index contributed by atoms with van der Waals surface area (Å²) in [6, 6.07) is 0.117. The van der Waals surface area contributed by atoms with Crippen molar-refractivity contribution in [1.29, 1.82) is 0 Å². The van der Waals surface area contributed by atoms with Crippen molar-refractivity contribution >= 4 is 5.91 Å². The highest BCUT2D eigenvalue weighted by molar-refractivity contribution is 5.82. The lowest BCUT2D eigenvalue weighted by atomic mass is 9.78. The van der Waals surface area contributed by atoms with Crippen LogP contribution in [0, 0.1) is 5.41 Å². The van der Waals surface area contributed by atoms with E-state index in [4.69, 9.17) is 0 Å². The van der Waals surface area contributed by atoms with Crippen LogP contribution in [-0.2, 0) is 4.79 Å². The maximum Gasteiger partial charge on any atom is 0.225 e. The topological polar surface area (TPSA) is 52.6 Å². The zero-order valence-corrected chi connectivity index (χ0v) is 13.5. The molecule has 0 radical (unpaired) electrons. The number of carbonyl (C=O) groups is 1. The van der Waals surface area contributed by atoms with E-state index in [1.54, 1.807) is 0 Å². The Bertz CT molecular complexity index is 330. The predicted octanol–water partition coefficient (Wildman–Crippen LogP) is 2.95. The summed E-state index contributed by atoms with van der Waals surface area (Å²) in [7, 11) is 0. The van der Waals surface area contributed by atoms with E-state index in [-0.39, 0.29) is 28.4 Å². The second kappa shape index (κ2) is 5.06. The lowest BCUT2D eigenvalue weighted by Crippen LogP contribution is -2.63. The molecule has 1 saturated heterocycles. The van der Waals surface area contributed by atoms with Crippen molar-refractivity contribution in [2.45, 2.75) is 84.8 Å². The first-order valence-electron chi connectivity index (χ1n) is 7.22. The minimum atomic E-state index is -0.329. The van der Waals surface area contributed by atoms with Crippen LogP contribution in [0.1, 0.15) is 67.7 Å². The number of piperidine rings is 1. The summed E-state index contributed by atoms with van der Waals surface area (Å²) in [5.41, 5.74) is -0.975. The van der Waals surface area contributed by atoms with Gasteiger partial charge in [-0.25, -0.2) is 0 Å². The molecule has 1 rings (SSSR count). The Hall–Kier alpha value is -0.610. The number of hydrogen-bond donors (Lipinski definition) is 2. The summed E-state index contributed by atoms with van der Waals surface area (Å²) in [6.45, 7) is 14.0. The Morgan fingerprint density at radius 2 is 1.68 bits per heavy atom. The Balaban J connectivity index is 2.79. The fourth-order valence-corrected chi connectivity index (χ4v) is 2.91. The average molecular weight is 270 g/mol. The van der Waals surface area contributed by atoms with Gasteiger partial charge in [0.2, 0.25) is 5.91 Å². The van der Waals surface area contributed by atoms with E-state index in [1.807, 2.05) is 48.5 Å². The Morgan fingerprint density at radius 3 is 2.05 bits per heavy atom. The van der Waals surface area contributed by atoms with Crippen LogP contribution < -0.4 is 5.32 Å². The zero-order chi connectivity index (χ0) is 15.1. The first kappa shape index (κ1) is 16.4. The molecule has 112 valence electrons. The normalized spacial score (nSPS) is 24.2. The van der Waals surface area contributed by atoms with Crippen LogP contribution in [-0.4, -0.2) is 33.3 Å². The van der Waals surface area contributed by atoms with Gasteiger partial charge >= 0.3 is 0 Å². The molecule has 1 amide bonds. The Labute approximate surface area is 117 Å². The number of hydroxylamine groups is 2. The fraction of sp³-hybridized carbons (Fsp3) is 0.933. The van der Waals surface area contributed by atoms with Crippen molar-refractivity contribution in [3.63, 3.8) is 0 Å². The summed E-state index contributed by atoms with van der Waals surface area (Å²) in [6.07, 6.45) is 2.35. The lowest BCUT2D eigenvalue weighted by Gasteiger charge is -2.51. The number of hydrogen-bond acceptors (Lipinski definition) is 3. The quantitative estimate of drug-likeness (QED) is 0.829. The second-order valence-electron chi connectivity index (χ2n) is 7.75. The van der Waals surface area contributed by atoms with Crippen molar-refractivity contribution in [3.8, 4) is 0 Å². The molecule has 1 aliphatic rings. The van der Waals surface area contributed by atoms with Gasteiger partial charge < -0.3 is 10.5 Å². The van der Waals surface area contributed by atoms with Crippen LogP contribution in [0.4, 0.5) is 0 Å². The smallest absolute Gasteiger partial charge is 0.225 e. The molecule has 0 aromatic carbocycles. The highest BCUT2D eigenvalue weighted by Crippen LogP contribution is 2.37. The summed E-state index contributed by atoms with van der Waals surface area (Å²) in [4.78, 5) is 12.3. The minimum Gasteiger partial charge on any atom is -0.353 e. The first-order valence-corrected chi connectivity index (χ1v) is 7.22. The number of rotatable bonds is 3. The average Bonchev–Trinajstić information content (AvgIpc) is 2.24. The van der Waals surface area contributed by atoms with E-state index in [9.17, 15) is 10.0 Å². The van der Waals surface area contributed by atoms with Gasteiger partial charge in [-0.2, -0.15) is 5.06 Å². The van der Waals surface area contributed by atoms with Gasteiger partial charge in [-0.1, -0.05) is 20.8 Å². The summed E-state index contributed by atoms with van der Waals surface area (Å²) >= 11 is 0. The van der Waals surface area contributed by atoms with E-state index in [0.29, 0.717) is 0 Å². The van der Waals surface area contributed by atoms with Crippen LogP contribution in [0.3, 0.4) is 0 Å². The van der Waals surface area contributed by atoms with E-state index in [1.165, 1.54) is 5.06 Å². The van der Waals surface area contributed by atoms with Crippen LogP contribution >= 0.6 is 0 Å². The molecule has 19 heavy (non-hydrogen) atoms. The number of nitrogens with zero attached hydrogens (tertiary/aromatic N) is 1. The van der Waals surface area contributed by atoms with Gasteiger partial charge in [-0.15, -0.1) is 0 Å². The molecule has 0 saturated carbocycles. The summed E-state index contributed by atoms with van der Waals surface area (Å²) < 4.78 is 0. The largest absolute Gasteiger partial charge is 0.353 e. The molecule has 1 fully saturated rings. The van der Waals surface area contributed by atoms with Gasteiger partial charge in [0.05, 0.1) is 0 Å². The number of nitrogens with one attached hydrogen (secondary N) is 1. The highest BCUT2D eigenvalue weighted by atomic mass is 16.5. The van der Waals surface area contributed by atoms with Gasteiger partial charge in [0.25, 0.3) is 0 Å². The predicted molar refractivity (Wildman–Crippen MR) is 77.0 cm³/mol. The zero-order valence-electron chi connectivity index (χ0n) is 13.5. The van der Waals surface area contributed by atoms with Gasteiger partial charge in [-0.3, -0.25) is 4.79 Å². The number of amides is 1. The molecule has 4 heteroatoms. The maximum absolute atomic E-state index is 12.3. The molecular formula is C15H30N2O2. The molecule has 4 nitrogen and oxygen atoms in total. The van der Waals surface area contributed by atoms with E-state index in [2.05, 4.69) is 5.32 Å². The Morgan fingerprint density at radius 1 is 1.26 bits per heavy atom. The standard InChI is InChI=1S/C15H30N2O2/c1-8-13(2,3)12(18)16-11-9-14(4,5)17(19)15(6,7)10-11/h11,19H,8-10H2,1-7H3,(H,16,18). The molecule has 0 aromatic rings. The van der Waals surface area contributed by atoms with Crippen molar-refractivity contribution in [3.05, 3.63) is 0 Å². The van der Waals surface area contributed by atoms with Gasteiger partial charge in [-0.05, 0) is 47.0 Å². The van der Waals surface area contributed by atoms with Gasteiger partial charge in [0, 0.05) is 22.5 Å². The van der Waals surface area contributed by atoms with E-state index < -0.39 is 0 Å². The molecule has 0 aromatic heterocycles. The molecule has 1 heterocycles. The monoisotopic (exact) mass is 270 g/mol. The fourth-order valence-electron chi connectivity index (χ4n) is 2.91. The molecule has 0 unspecified atom stereocenters. The van der Waals surface area contributed by atoms with Crippen molar-refractivity contribution < 1.29 is 10.0 Å². The summed E-state index contributed by atoms with van der Waals surface area (Å²) in [5.74, 6) is 0.109. The van der Waals surface area contributed by atoms with Crippen molar-refractivity contribution in [1.82, 2.24) is 10.4 Å². The van der Waals surface area contributed by atoms with E-state index in [0.717, 1.165) is 19.3 Å². The molecule has 0 aliphatic carbocycles. The first-order chi connectivity index (χ1) is 8.42. The third-order valence-corrected chi connectivity index (χ3v) is 4.47. The summed E-state index contributed by atoms with van der Waals surface area (Å²) in [5, 5.41) is 14.8. The minimum absolute atomic E-state index is 0.109. The van der Waals surface area contributed by atoms with Gasteiger partial charge in [0.1, 0.15) is 0 Å². The molecule has 2 N–H and O–H groups in total. The van der Waals surface area contributed by atoms with Crippen LogP contribution in [0.5, 0.6) is 0 Å². The highest BCUT2D eigenvalue weighted by Gasteiger charge is 2.45. The maximum atomic E-state index is 12.3. The lowest BCUT2D eigenvalue weighted by molar-refractivity contribution is -0.246. The molecule has 0 spiro atoms. The Kier molecular flexibility index (Phi) is 4.38. The molecule has 0 atom stereocenters. The molecular weight excluding hydrogens is 240 g/mol. The molecule has 0 bridgehead atoms. The molecule has 1 aliphatic heterocycles. The third-order valence-electron chi connectivity index (χ3n) is 4.47. The van der Waals surface area contributed by atoms with Crippen molar-refractivity contribution in [2.75, 3.05) is 0 Å². The van der Waals surface area contributed by atoms with E-state index >= 15 is 0 Å². The SMILES string of the molecule is CCC(C)(C)C(=O)NC1CC(C)(C)N(O)C(C)(C)C1. The third kappa shape index (κ3) is 3.48. The number of carbonyl (C=O) groups excluding carboxylic acids is 1. The van der Waals surface area contributed by atoms with Crippen LogP contribution in [0.25, 0.3) is 0 Å². The second-order valence-corrected chi connectivity index (χ2v) is 7.75. The van der Waals surface area contributed by atoms with Gasteiger partial charge in [0.15, 0.2) is 0 Å². The van der Waals surface area contributed by atoms with Crippen LogP contribution in [0.15, 0.2) is 0 Å².